The second kappa shape index (κ2) is 6.90. The highest BCUT2D eigenvalue weighted by Gasteiger charge is 2.11. The van der Waals surface area contributed by atoms with Gasteiger partial charge in [-0.1, -0.05) is 13.8 Å². The van der Waals surface area contributed by atoms with Crippen molar-refractivity contribution in [3.8, 4) is 0 Å². The fraction of sp³-hybridized carbons (Fsp3) is 0.214. The molecule has 0 aliphatic carbocycles. The highest BCUT2D eigenvalue weighted by atomic mass is 32.1. The van der Waals surface area contributed by atoms with Crippen molar-refractivity contribution in [2.24, 2.45) is 5.10 Å². The molecule has 1 amide bonds. The van der Waals surface area contributed by atoms with Gasteiger partial charge in [0.25, 0.3) is 11.6 Å². The molecule has 0 aliphatic heterocycles. The SMILES string of the molecule is CC(C)c1csc(C(=O)N/N=C\c2ccc([N+](=O)[O-])cc2)n1. The molecule has 1 aromatic heterocycles. The maximum Gasteiger partial charge on any atom is 0.300 e. The minimum Gasteiger partial charge on any atom is -0.265 e. The third kappa shape index (κ3) is 3.95. The van der Waals surface area contributed by atoms with Crippen molar-refractivity contribution in [1.29, 1.82) is 0 Å². The van der Waals surface area contributed by atoms with Crippen molar-refractivity contribution in [3.05, 3.63) is 56.0 Å². The second-order valence-corrected chi connectivity index (χ2v) is 5.64. The number of benzene rings is 1. The van der Waals surface area contributed by atoms with E-state index in [1.165, 1.54) is 29.7 Å². The summed E-state index contributed by atoms with van der Waals surface area (Å²) < 4.78 is 0. The van der Waals surface area contributed by atoms with Crippen LogP contribution in [0.4, 0.5) is 5.69 Å². The molecule has 0 unspecified atom stereocenters. The molecule has 1 N–H and O–H groups in total. The van der Waals surface area contributed by atoms with Gasteiger partial charge < -0.3 is 0 Å². The summed E-state index contributed by atoms with van der Waals surface area (Å²) in [5.41, 5.74) is 3.90. The van der Waals surface area contributed by atoms with Crippen LogP contribution in [0.2, 0.25) is 0 Å². The summed E-state index contributed by atoms with van der Waals surface area (Å²) >= 11 is 1.27. The molecular formula is C14H14N4O3S. The number of thiazole rings is 1. The molecule has 0 aliphatic rings. The van der Waals surface area contributed by atoms with Gasteiger partial charge in [-0.05, 0) is 23.6 Å². The Hall–Kier alpha value is -2.61. The molecule has 2 aromatic rings. The lowest BCUT2D eigenvalue weighted by Gasteiger charge is -1.97. The monoisotopic (exact) mass is 318 g/mol. The third-order valence-electron chi connectivity index (χ3n) is 2.79. The van der Waals surface area contributed by atoms with Gasteiger partial charge in [-0.2, -0.15) is 5.10 Å². The van der Waals surface area contributed by atoms with E-state index in [0.29, 0.717) is 10.6 Å². The van der Waals surface area contributed by atoms with Crippen molar-refractivity contribution in [3.63, 3.8) is 0 Å². The van der Waals surface area contributed by atoms with E-state index < -0.39 is 4.92 Å². The summed E-state index contributed by atoms with van der Waals surface area (Å²) in [6.45, 7) is 4.01. The lowest BCUT2D eigenvalue weighted by atomic mass is 10.2. The molecule has 0 radical (unpaired) electrons. The Morgan fingerprint density at radius 3 is 2.64 bits per heavy atom. The van der Waals surface area contributed by atoms with Crippen LogP contribution in [0.15, 0.2) is 34.7 Å². The van der Waals surface area contributed by atoms with E-state index in [0.717, 1.165) is 5.69 Å². The fourth-order valence-electron chi connectivity index (χ4n) is 1.55. The molecule has 114 valence electrons. The predicted molar refractivity (Wildman–Crippen MR) is 84.4 cm³/mol. The zero-order valence-electron chi connectivity index (χ0n) is 12.0. The molecule has 1 heterocycles. The number of aromatic nitrogens is 1. The zero-order valence-corrected chi connectivity index (χ0v) is 12.8. The first-order valence-electron chi connectivity index (χ1n) is 6.50. The number of hydrazone groups is 1. The number of nitro groups is 1. The molecule has 0 atom stereocenters. The fourth-order valence-corrected chi connectivity index (χ4v) is 2.42. The summed E-state index contributed by atoms with van der Waals surface area (Å²) in [6.07, 6.45) is 1.42. The number of hydrogen-bond acceptors (Lipinski definition) is 6. The number of non-ortho nitro benzene ring substituents is 1. The second-order valence-electron chi connectivity index (χ2n) is 4.78. The van der Waals surface area contributed by atoms with Crippen molar-refractivity contribution >= 4 is 29.1 Å². The maximum atomic E-state index is 11.8. The van der Waals surface area contributed by atoms with E-state index in [1.807, 2.05) is 19.2 Å². The normalized spacial score (nSPS) is 11.0. The summed E-state index contributed by atoms with van der Waals surface area (Å²) in [6, 6.07) is 5.85. The van der Waals surface area contributed by atoms with Crippen LogP contribution in [-0.2, 0) is 0 Å². The van der Waals surface area contributed by atoms with Crippen molar-refractivity contribution in [1.82, 2.24) is 10.4 Å². The molecule has 22 heavy (non-hydrogen) atoms. The summed E-state index contributed by atoms with van der Waals surface area (Å²) in [5, 5.41) is 16.5. The first kappa shape index (κ1) is 15.8. The molecule has 0 saturated carbocycles. The Morgan fingerprint density at radius 2 is 2.09 bits per heavy atom. The first-order valence-corrected chi connectivity index (χ1v) is 7.38. The Morgan fingerprint density at radius 1 is 1.41 bits per heavy atom. The number of amides is 1. The lowest BCUT2D eigenvalue weighted by Crippen LogP contribution is -2.17. The summed E-state index contributed by atoms with van der Waals surface area (Å²) in [4.78, 5) is 26.1. The summed E-state index contributed by atoms with van der Waals surface area (Å²) in [7, 11) is 0. The maximum absolute atomic E-state index is 11.8. The Labute approximate surface area is 130 Å². The van der Waals surface area contributed by atoms with Crippen LogP contribution in [0.25, 0.3) is 0 Å². The highest BCUT2D eigenvalue weighted by Crippen LogP contribution is 2.17. The average Bonchev–Trinajstić information content (AvgIpc) is 2.98. The quantitative estimate of drug-likeness (QED) is 0.520. The molecule has 2 rings (SSSR count). The molecule has 0 bridgehead atoms. The van der Waals surface area contributed by atoms with Crippen LogP contribution < -0.4 is 5.43 Å². The van der Waals surface area contributed by atoms with E-state index in [-0.39, 0.29) is 17.5 Å². The Bertz CT molecular complexity index is 707. The van der Waals surface area contributed by atoms with Gasteiger partial charge in [0.1, 0.15) is 0 Å². The van der Waals surface area contributed by atoms with E-state index in [1.54, 1.807) is 12.1 Å². The number of nitro benzene ring substituents is 1. The van der Waals surface area contributed by atoms with Crippen LogP contribution >= 0.6 is 11.3 Å². The van der Waals surface area contributed by atoms with Crippen LogP contribution in [0.3, 0.4) is 0 Å². The largest absolute Gasteiger partial charge is 0.300 e. The van der Waals surface area contributed by atoms with E-state index >= 15 is 0 Å². The molecule has 0 spiro atoms. The van der Waals surface area contributed by atoms with Gasteiger partial charge >= 0.3 is 0 Å². The number of rotatable bonds is 5. The Kier molecular flexibility index (Phi) is 4.95. The molecule has 0 saturated heterocycles. The number of nitrogens with zero attached hydrogens (tertiary/aromatic N) is 3. The molecule has 7 nitrogen and oxygen atoms in total. The van der Waals surface area contributed by atoms with Gasteiger partial charge in [0.05, 0.1) is 16.8 Å². The van der Waals surface area contributed by atoms with Gasteiger partial charge in [0.2, 0.25) is 0 Å². The first-order chi connectivity index (χ1) is 10.5. The number of nitrogens with one attached hydrogen (secondary N) is 1. The number of carbonyl (C=O) groups excluding carboxylic acids is 1. The van der Waals surface area contributed by atoms with Crippen molar-refractivity contribution < 1.29 is 9.72 Å². The van der Waals surface area contributed by atoms with Gasteiger partial charge in [0.15, 0.2) is 5.01 Å². The predicted octanol–water partition coefficient (Wildman–Crippen LogP) is 2.94. The zero-order chi connectivity index (χ0) is 16.1. The Balaban J connectivity index is 1.96. The number of carbonyl (C=O) groups is 1. The minimum absolute atomic E-state index is 0.00480. The van der Waals surface area contributed by atoms with Crippen LogP contribution in [-0.4, -0.2) is 22.0 Å². The molecule has 8 heteroatoms. The van der Waals surface area contributed by atoms with Crippen molar-refractivity contribution in [2.75, 3.05) is 0 Å². The average molecular weight is 318 g/mol. The molecule has 0 fully saturated rings. The third-order valence-corrected chi connectivity index (χ3v) is 3.65. The lowest BCUT2D eigenvalue weighted by molar-refractivity contribution is -0.384. The molecule has 1 aromatic carbocycles. The standard InChI is InChI=1S/C14H14N4O3S/c1-9(2)12-8-22-14(16-12)13(19)17-15-7-10-3-5-11(6-4-10)18(20)21/h3-9H,1-2H3,(H,17,19)/b15-7-. The smallest absolute Gasteiger partial charge is 0.265 e. The number of hydrogen-bond donors (Lipinski definition) is 1. The van der Waals surface area contributed by atoms with E-state index in [2.05, 4.69) is 15.5 Å². The van der Waals surface area contributed by atoms with Crippen LogP contribution in [0.5, 0.6) is 0 Å². The summed E-state index contributed by atoms with van der Waals surface area (Å²) in [5.74, 6) is -0.114. The van der Waals surface area contributed by atoms with Gasteiger partial charge in [-0.15, -0.1) is 11.3 Å². The minimum atomic E-state index is -0.475. The van der Waals surface area contributed by atoms with E-state index in [9.17, 15) is 14.9 Å². The topological polar surface area (TPSA) is 97.5 Å². The van der Waals surface area contributed by atoms with Crippen molar-refractivity contribution in [2.45, 2.75) is 19.8 Å². The van der Waals surface area contributed by atoms with Crippen LogP contribution in [0.1, 0.15) is 40.8 Å². The van der Waals surface area contributed by atoms with E-state index in [4.69, 9.17) is 0 Å². The van der Waals surface area contributed by atoms with Crippen LogP contribution in [0, 0.1) is 10.1 Å². The highest BCUT2D eigenvalue weighted by molar-refractivity contribution is 7.11. The van der Waals surface area contributed by atoms with Gasteiger partial charge in [-0.25, -0.2) is 10.4 Å². The van der Waals surface area contributed by atoms with Gasteiger partial charge in [0, 0.05) is 17.5 Å². The van der Waals surface area contributed by atoms with Gasteiger partial charge in [-0.3, -0.25) is 14.9 Å². The molecular weight excluding hydrogens is 304 g/mol.